The number of alkyl halides is 1. The summed E-state index contributed by atoms with van der Waals surface area (Å²) >= 11 is 6.23. The second-order valence-electron chi connectivity index (χ2n) is 10.3. The normalized spacial score (nSPS) is 12.5. The molecular weight excluding hydrogens is 360 g/mol. The molecule has 0 fully saturated rings. The van der Waals surface area contributed by atoms with E-state index in [1.54, 1.807) is 0 Å². The average Bonchev–Trinajstić information content (AvgIpc) is 2.61. The van der Waals surface area contributed by atoms with Crippen molar-refractivity contribution < 1.29 is 0 Å². The van der Waals surface area contributed by atoms with Crippen molar-refractivity contribution in [2.75, 3.05) is 0 Å². The van der Waals surface area contributed by atoms with Crippen LogP contribution in [0, 0.1) is 5.41 Å². The van der Waals surface area contributed by atoms with Gasteiger partial charge in [0.05, 0.1) is 0 Å². The van der Waals surface area contributed by atoms with Gasteiger partial charge in [0.2, 0.25) is 0 Å². The zero-order valence-electron chi connectivity index (χ0n) is 19.4. The highest BCUT2D eigenvalue weighted by atomic mass is 35.5. The van der Waals surface area contributed by atoms with E-state index in [1.807, 2.05) is 0 Å². The summed E-state index contributed by atoms with van der Waals surface area (Å²) in [5, 5.41) is 0. The Morgan fingerprint density at radius 2 is 0.964 bits per heavy atom. The summed E-state index contributed by atoms with van der Waals surface area (Å²) in [6, 6.07) is 11.0. The summed E-state index contributed by atoms with van der Waals surface area (Å²) < 4.78 is 0. The lowest BCUT2D eigenvalue weighted by molar-refractivity contribution is 0.316. The van der Waals surface area contributed by atoms with Crippen LogP contribution >= 0.6 is 11.6 Å². The minimum Gasteiger partial charge on any atom is -0.120 e. The first kappa shape index (κ1) is 25.5. The van der Waals surface area contributed by atoms with Crippen LogP contribution in [0.25, 0.3) is 0 Å². The molecule has 0 radical (unpaired) electrons. The first-order valence-corrected chi connectivity index (χ1v) is 12.4. The molecule has 0 aliphatic heterocycles. The van der Waals surface area contributed by atoms with Crippen molar-refractivity contribution in [1.29, 1.82) is 0 Å². The summed E-state index contributed by atoms with van der Waals surface area (Å²) in [6.07, 6.45) is 20.6. The zero-order chi connectivity index (χ0) is 20.7. The van der Waals surface area contributed by atoms with Gasteiger partial charge in [-0.15, -0.1) is 11.6 Å². The molecule has 0 atom stereocenters. The summed E-state index contributed by atoms with van der Waals surface area (Å²) in [5.41, 5.74) is 1.91. The standard InChI is InChI=1S/C27H47Cl/c1-26(2,24-25-20-16-15-17-21-25)22-18-13-11-9-7-5-6-8-10-12-14-19-23-27(3,4)28/h15-17,20-21H,5-14,18-19,22-24H2,1-4H3. The highest BCUT2D eigenvalue weighted by Crippen LogP contribution is 2.28. The maximum Gasteiger partial charge on any atom is 0.0390 e. The van der Waals surface area contributed by atoms with Gasteiger partial charge in [-0.25, -0.2) is 0 Å². The minimum atomic E-state index is -0.00234. The van der Waals surface area contributed by atoms with Gasteiger partial charge in [0.15, 0.2) is 0 Å². The topological polar surface area (TPSA) is 0 Å². The van der Waals surface area contributed by atoms with E-state index >= 15 is 0 Å². The van der Waals surface area contributed by atoms with Crippen molar-refractivity contribution in [3.8, 4) is 0 Å². The molecule has 0 saturated heterocycles. The predicted octanol–water partition coefficient (Wildman–Crippen LogP) is 9.73. The zero-order valence-corrected chi connectivity index (χ0v) is 20.1. The van der Waals surface area contributed by atoms with E-state index in [9.17, 15) is 0 Å². The Balaban J connectivity index is 1.86. The lowest BCUT2D eigenvalue weighted by atomic mass is 9.81. The first-order chi connectivity index (χ1) is 13.3. The number of hydrogen-bond donors (Lipinski definition) is 0. The number of benzene rings is 1. The Labute approximate surface area is 181 Å². The van der Waals surface area contributed by atoms with Crippen LogP contribution in [0.1, 0.15) is 123 Å². The second kappa shape index (κ2) is 14.5. The Morgan fingerprint density at radius 1 is 0.571 bits per heavy atom. The largest absolute Gasteiger partial charge is 0.120 e. The molecular formula is C27H47Cl. The molecule has 0 aromatic heterocycles. The molecule has 1 aromatic carbocycles. The smallest absolute Gasteiger partial charge is 0.0390 e. The van der Waals surface area contributed by atoms with Crippen molar-refractivity contribution >= 4 is 11.6 Å². The van der Waals surface area contributed by atoms with Gasteiger partial charge < -0.3 is 0 Å². The van der Waals surface area contributed by atoms with Gasteiger partial charge in [0.25, 0.3) is 0 Å². The number of unbranched alkanes of at least 4 members (excludes halogenated alkanes) is 11. The molecule has 0 saturated carbocycles. The van der Waals surface area contributed by atoms with Crippen LogP contribution in [-0.4, -0.2) is 4.87 Å². The van der Waals surface area contributed by atoms with Crippen molar-refractivity contribution in [3.63, 3.8) is 0 Å². The molecule has 0 unspecified atom stereocenters. The summed E-state index contributed by atoms with van der Waals surface area (Å²) in [5.74, 6) is 0. The minimum absolute atomic E-state index is 0.00234. The molecule has 0 aliphatic carbocycles. The monoisotopic (exact) mass is 406 g/mol. The molecule has 0 bridgehead atoms. The molecule has 0 amide bonds. The molecule has 0 N–H and O–H groups in total. The van der Waals surface area contributed by atoms with Crippen LogP contribution in [0.2, 0.25) is 0 Å². The van der Waals surface area contributed by atoms with Crippen LogP contribution < -0.4 is 0 Å². The van der Waals surface area contributed by atoms with Crippen molar-refractivity contribution in [2.45, 2.75) is 129 Å². The quantitative estimate of drug-likeness (QED) is 0.178. The lowest BCUT2D eigenvalue weighted by Crippen LogP contribution is -2.14. The molecule has 0 aliphatic rings. The fourth-order valence-corrected chi connectivity index (χ4v) is 4.29. The summed E-state index contributed by atoms with van der Waals surface area (Å²) in [6.45, 7) is 9.10. The highest BCUT2D eigenvalue weighted by molar-refractivity contribution is 6.23. The maximum atomic E-state index is 6.23. The van der Waals surface area contributed by atoms with Gasteiger partial charge in [0, 0.05) is 4.87 Å². The molecule has 1 rings (SSSR count). The molecule has 1 heteroatoms. The summed E-state index contributed by atoms with van der Waals surface area (Å²) in [4.78, 5) is -0.00234. The fraction of sp³-hybridized carbons (Fsp3) is 0.778. The van der Waals surface area contributed by atoms with E-state index in [4.69, 9.17) is 11.6 Å². The Kier molecular flexibility index (Phi) is 13.2. The van der Waals surface area contributed by atoms with Gasteiger partial charge in [-0.1, -0.05) is 121 Å². The van der Waals surface area contributed by atoms with Gasteiger partial charge in [-0.2, -0.15) is 0 Å². The first-order valence-electron chi connectivity index (χ1n) is 12.0. The third kappa shape index (κ3) is 15.4. The van der Waals surface area contributed by atoms with Gasteiger partial charge >= 0.3 is 0 Å². The van der Waals surface area contributed by atoms with Crippen LogP contribution in [0.4, 0.5) is 0 Å². The molecule has 0 nitrogen and oxygen atoms in total. The molecule has 0 heterocycles. The maximum absolute atomic E-state index is 6.23. The fourth-order valence-electron chi connectivity index (χ4n) is 4.15. The third-order valence-corrected chi connectivity index (χ3v) is 6.09. The molecule has 28 heavy (non-hydrogen) atoms. The van der Waals surface area contributed by atoms with Crippen LogP contribution in [-0.2, 0) is 6.42 Å². The average molecular weight is 407 g/mol. The van der Waals surface area contributed by atoms with Crippen LogP contribution in [0.5, 0.6) is 0 Å². The highest BCUT2D eigenvalue weighted by Gasteiger charge is 2.17. The number of hydrogen-bond acceptors (Lipinski definition) is 0. The Bertz CT molecular complexity index is 469. The van der Waals surface area contributed by atoms with Crippen molar-refractivity contribution in [3.05, 3.63) is 35.9 Å². The SMILES string of the molecule is CC(C)(Cl)CCCCCCCCCCCCCCC(C)(C)Cc1ccccc1. The van der Waals surface area contributed by atoms with Gasteiger partial charge in [0.1, 0.15) is 0 Å². The van der Waals surface area contributed by atoms with E-state index in [2.05, 4.69) is 58.0 Å². The predicted molar refractivity (Wildman–Crippen MR) is 128 cm³/mol. The van der Waals surface area contributed by atoms with Crippen LogP contribution in [0.3, 0.4) is 0 Å². The second-order valence-corrected chi connectivity index (χ2v) is 11.3. The van der Waals surface area contributed by atoms with Gasteiger partial charge in [-0.05, 0) is 44.1 Å². The summed E-state index contributed by atoms with van der Waals surface area (Å²) in [7, 11) is 0. The number of halogens is 1. The molecule has 1 aromatic rings. The van der Waals surface area contributed by atoms with E-state index in [0.717, 1.165) is 6.42 Å². The molecule has 0 spiro atoms. The Morgan fingerprint density at radius 3 is 1.39 bits per heavy atom. The van der Waals surface area contributed by atoms with Gasteiger partial charge in [-0.3, -0.25) is 0 Å². The third-order valence-electron chi connectivity index (χ3n) is 5.90. The van der Waals surface area contributed by atoms with E-state index in [-0.39, 0.29) is 4.87 Å². The van der Waals surface area contributed by atoms with E-state index in [1.165, 1.54) is 95.5 Å². The Hall–Kier alpha value is -0.490. The van der Waals surface area contributed by atoms with Crippen LogP contribution in [0.15, 0.2) is 30.3 Å². The molecule has 162 valence electrons. The lowest BCUT2D eigenvalue weighted by Gasteiger charge is -2.24. The van der Waals surface area contributed by atoms with Crippen molar-refractivity contribution in [2.24, 2.45) is 5.41 Å². The van der Waals surface area contributed by atoms with E-state index < -0.39 is 0 Å². The van der Waals surface area contributed by atoms with Crippen molar-refractivity contribution in [1.82, 2.24) is 0 Å². The van der Waals surface area contributed by atoms with E-state index in [0.29, 0.717) is 5.41 Å². The number of rotatable bonds is 17.